The lowest BCUT2D eigenvalue weighted by Crippen LogP contribution is -2.36. The van der Waals surface area contributed by atoms with E-state index in [0.717, 1.165) is 27.8 Å². The van der Waals surface area contributed by atoms with Crippen LogP contribution >= 0.6 is 35.3 Å². The first-order valence-corrected chi connectivity index (χ1v) is 8.74. The van der Waals surface area contributed by atoms with Crippen LogP contribution < -0.4 is 10.6 Å². The van der Waals surface area contributed by atoms with E-state index in [9.17, 15) is 13.2 Å². The summed E-state index contributed by atoms with van der Waals surface area (Å²) in [5.74, 6) is 1.13. The average molecular weight is 523 g/mol. The van der Waals surface area contributed by atoms with Gasteiger partial charge in [-0.3, -0.25) is 10.1 Å². The molecule has 150 valence electrons. The van der Waals surface area contributed by atoms with E-state index in [4.69, 9.17) is 0 Å². The molecule has 0 atom stereocenters. The van der Waals surface area contributed by atoms with Gasteiger partial charge >= 0.3 is 6.18 Å². The van der Waals surface area contributed by atoms with Crippen LogP contribution in [-0.4, -0.2) is 33.2 Å². The third kappa shape index (κ3) is 5.89. The lowest BCUT2D eigenvalue weighted by molar-refractivity contribution is -0.140. The predicted octanol–water partition coefficient (Wildman–Crippen LogP) is 3.43. The van der Waals surface area contributed by atoms with Crippen LogP contribution in [0.2, 0.25) is 0 Å². The smallest absolute Gasteiger partial charge is 0.352 e. The molecule has 2 aromatic heterocycles. The van der Waals surface area contributed by atoms with Crippen molar-refractivity contribution in [1.82, 2.24) is 30.8 Å². The van der Waals surface area contributed by atoms with E-state index in [1.54, 1.807) is 7.05 Å². The maximum absolute atomic E-state index is 12.6. The van der Waals surface area contributed by atoms with E-state index in [1.807, 2.05) is 24.3 Å². The zero-order valence-electron chi connectivity index (χ0n) is 14.6. The van der Waals surface area contributed by atoms with Gasteiger partial charge in [0.05, 0.1) is 6.54 Å². The minimum Gasteiger partial charge on any atom is -0.352 e. The molecule has 3 rings (SSSR count). The van der Waals surface area contributed by atoms with Gasteiger partial charge in [-0.15, -0.1) is 35.3 Å². The molecule has 0 saturated carbocycles. The van der Waals surface area contributed by atoms with Crippen molar-refractivity contribution in [3.63, 3.8) is 0 Å². The fourth-order valence-corrected chi connectivity index (χ4v) is 3.00. The van der Waals surface area contributed by atoms with Crippen molar-refractivity contribution in [2.75, 3.05) is 7.05 Å². The predicted molar refractivity (Wildman–Crippen MR) is 111 cm³/mol. The summed E-state index contributed by atoms with van der Waals surface area (Å²) in [5.41, 5.74) is 1.01. The number of aliphatic imine (C=N–C) groups is 1. The second kappa shape index (κ2) is 9.82. The summed E-state index contributed by atoms with van der Waals surface area (Å²) in [4.78, 5) is 11.8. The second-order valence-electron chi connectivity index (χ2n) is 5.44. The number of benzene rings is 1. The molecule has 0 radical (unpaired) electrons. The first-order valence-electron chi connectivity index (χ1n) is 7.86. The van der Waals surface area contributed by atoms with Gasteiger partial charge in [0.15, 0.2) is 17.5 Å². The molecule has 7 nitrogen and oxygen atoms in total. The molecule has 3 N–H and O–H groups in total. The Kier molecular flexibility index (Phi) is 7.74. The first-order chi connectivity index (χ1) is 13.0. The highest BCUT2D eigenvalue weighted by atomic mass is 127. The SMILES string of the molecule is CN=C(NCc1cccc(-c2ncn[nH]2)c1)NCc1nc(C(F)(F)F)cs1.I. The van der Waals surface area contributed by atoms with Gasteiger partial charge in [-0.25, -0.2) is 9.97 Å². The van der Waals surface area contributed by atoms with Gasteiger partial charge in [0.1, 0.15) is 11.3 Å². The van der Waals surface area contributed by atoms with Crippen LogP contribution in [-0.2, 0) is 19.3 Å². The van der Waals surface area contributed by atoms with Crippen LogP contribution in [0.5, 0.6) is 0 Å². The summed E-state index contributed by atoms with van der Waals surface area (Å²) in [6.45, 7) is 0.631. The number of aromatic nitrogens is 4. The van der Waals surface area contributed by atoms with Gasteiger partial charge in [-0.2, -0.15) is 18.3 Å². The van der Waals surface area contributed by atoms with Crippen LogP contribution in [0.15, 0.2) is 41.0 Å². The number of H-pyrrole nitrogens is 1. The minimum absolute atomic E-state index is 0. The van der Waals surface area contributed by atoms with Gasteiger partial charge in [-0.05, 0) is 11.6 Å². The molecular weight excluding hydrogens is 506 g/mol. The van der Waals surface area contributed by atoms with Gasteiger partial charge in [0, 0.05) is 24.5 Å². The lowest BCUT2D eigenvalue weighted by atomic mass is 10.1. The maximum atomic E-state index is 12.6. The lowest BCUT2D eigenvalue weighted by Gasteiger charge is -2.11. The minimum atomic E-state index is -4.43. The summed E-state index contributed by atoms with van der Waals surface area (Å²) in [6, 6.07) is 7.71. The van der Waals surface area contributed by atoms with Crippen molar-refractivity contribution in [2.24, 2.45) is 4.99 Å². The number of rotatable bonds is 5. The number of nitrogens with zero attached hydrogens (tertiary/aromatic N) is 4. The summed E-state index contributed by atoms with van der Waals surface area (Å²) >= 11 is 0.951. The number of nitrogens with one attached hydrogen (secondary N) is 3. The zero-order valence-corrected chi connectivity index (χ0v) is 17.8. The highest BCUT2D eigenvalue weighted by Crippen LogP contribution is 2.29. The number of thiazole rings is 1. The Balaban J connectivity index is 0.00000280. The number of hydrogen-bond donors (Lipinski definition) is 3. The van der Waals surface area contributed by atoms with E-state index in [0.29, 0.717) is 23.3 Å². The Labute approximate surface area is 179 Å². The second-order valence-corrected chi connectivity index (χ2v) is 6.38. The van der Waals surface area contributed by atoms with E-state index in [2.05, 4.69) is 35.8 Å². The molecule has 0 amide bonds. The Bertz CT molecular complexity index is 909. The quantitative estimate of drug-likeness (QED) is 0.271. The molecule has 0 aliphatic carbocycles. The molecule has 0 aliphatic rings. The molecule has 0 bridgehead atoms. The third-order valence-corrected chi connectivity index (χ3v) is 4.40. The fourth-order valence-electron chi connectivity index (χ4n) is 2.26. The highest BCUT2D eigenvalue weighted by Gasteiger charge is 2.33. The van der Waals surface area contributed by atoms with Crippen molar-refractivity contribution < 1.29 is 13.2 Å². The number of halogens is 4. The summed E-state index contributed by atoms with van der Waals surface area (Å²) in [7, 11) is 1.59. The molecule has 28 heavy (non-hydrogen) atoms. The Morgan fingerprint density at radius 3 is 2.68 bits per heavy atom. The summed E-state index contributed by atoms with van der Waals surface area (Å²) < 4.78 is 37.8. The van der Waals surface area contributed by atoms with Crippen LogP contribution in [0.1, 0.15) is 16.3 Å². The van der Waals surface area contributed by atoms with Gasteiger partial charge in [0.2, 0.25) is 0 Å². The number of hydrogen-bond acceptors (Lipinski definition) is 5. The molecule has 0 aliphatic heterocycles. The van der Waals surface area contributed by atoms with Gasteiger partial charge < -0.3 is 10.6 Å². The fraction of sp³-hybridized carbons (Fsp3) is 0.250. The van der Waals surface area contributed by atoms with E-state index >= 15 is 0 Å². The topological polar surface area (TPSA) is 90.9 Å². The van der Waals surface area contributed by atoms with Crippen LogP contribution in [0.3, 0.4) is 0 Å². The number of guanidine groups is 1. The molecule has 0 unspecified atom stereocenters. The Morgan fingerprint density at radius 1 is 1.25 bits per heavy atom. The monoisotopic (exact) mass is 523 g/mol. The van der Waals surface area contributed by atoms with Gasteiger partial charge in [-0.1, -0.05) is 18.2 Å². The van der Waals surface area contributed by atoms with Crippen molar-refractivity contribution in [3.05, 3.63) is 52.2 Å². The molecule has 0 saturated heterocycles. The van der Waals surface area contributed by atoms with Crippen molar-refractivity contribution in [3.8, 4) is 11.4 Å². The van der Waals surface area contributed by atoms with E-state index < -0.39 is 11.9 Å². The first kappa shape index (κ1) is 22.1. The average Bonchev–Trinajstić information content (AvgIpc) is 3.34. The highest BCUT2D eigenvalue weighted by molar-refractivity contribution is 14.0. The van der Waals surface area contributed by atoms with E-state index in [1.165, 1.54) is 6.33 Å². The molecule has 0 fully saturated rings. The number of aromatic amines is 1. The maximum Gasteiger partial charge on any atom is 0.434 e. The molecular formula is C16H17F3IN7S. The van der Waals surface area contributed by atoms with Crippen molar-refractivity contribution in [1.29, 1.82) is 0 Å². The Hall–Kier alpha value is -2.22. The summed E-state index contributed by atoms with van der Waals surface area (Å²) in [6.07, 6.45) is -2.99. The normalized spacial score (nSPS) is 11.8. The molecule has 1 aromatic carbocycles. The van der Waals surface area contributed by atoms with Crippen LogP contribution in [0, 0.1) is 0 Å². The molecule has 2 heterocycles. The van der Waals surface area contributed by atoms with Crippen molar-refractivity contribution in [2.45, 2.75) is 19.3 Å². The molecule has 0 spiro atoms. The zero-order chi connectivity index (χ0) is 19.3. The Morgan fingerprint density at radius 2 is 2.04 bits per heavy atom. The van der Waals surface area contributed by atoms with E-state index in [-0.39, 0.29) is 30.5 Å². The molecule has 3 aromatic rings. The molecule has 12 heteroatoms. The largest absolute Gasteiger partial charge is 0.434 e. The van der Waals surface area contributed by atoms with Gasteiger partial charge in [0.25, 0.3) is 0 Å². The number of alkyl halides is 3. The van der Waals surface area contributed by atoms with Crippen LogP contribution in [0.25, 0.3) is 11.4 Å². The van der Waals surface area contributed by atoms with Crippen LogP contribution in [0.4, 0.5) is 13.2 Å². The van der Waals surface area contributed by atoms with Crippen molar-refractivity contribution >= 4 is 41.3 Å². The standard InChI is InChI=1S/C16H16F3N7S.HI/c1-20-15(22-7-13-25-12(8-27-13)16(17,18)19)21-6-10-3-2-4-11(5-10)14-23-9-24-26-14;/h2-5,8-9H,6-7H2,1H3,(H2,20,21,22)(H,23,24,26);1H. The summed E-state index contributed by atoms with van der Waals surface area (Å²) in [5, 5.41) is 14.0. The third-order valence-electron chi connectivity index (χ3n) is 3.55.